The highest BCUT2D eigenvalue weighted by molar-refractivity contribution is 5.84. The van der Waals surface area contributed by atoms with Crippen molar-refractivity contribution in [2.75, 3.05) is 19.7 Å². The fourth-order valence-electron chi connectivity index (χ4n) is 7.35. The summed E-state index contributed by atoms with van der Waals surface area (Å²) in [6, 6.07) is 35.5. The maximum atomic E-state index is 14.4. The highest BCUT2D eigenvalue weighted by Crippen LogP contribution is 2.39. The van der Waals surface area contributed by atoms with Crippen LogP contribution in [0.25, 0.3) is 10.8 Å². The lowest BCUT2D eigenvalue weighted by atomic mass is 9.87. The minimum absolute atomic E-state index is 0.00137. The van der Waals surface area contributed by atoms with E-state index in [0.717, 1.165) is 38.9 Å². The van der Waals surface area contributed by atoms with Crippen LogP contribution in [-0.4, -0.2) is 51.3 Å². The standard InChI is InChI=1S/C44H40N4O6/c49-39-19-11-30-12-20-41(50)45-22-6-24-53-33-15-13-31(14-16-33)43-35-18-17-34(54-40(39)26-30)27-32(35)21-23-47(43)42(51)28-48-44(52)37-10-5-4-9-36(37)38(46-48)25-29-7-2-1-3-8-29/h1-5,7-11,13-19,26-27,43,49H,6,12,20-25,28H2,(H,45,50). The summed E-state index contributed by atoms with van der Waals surface area (Å²) in [5.41, 5.74) is 5.18. The first-order valence-electron chi connectivity index (χ1n) is 18.3. The van der Waals surface area contributed by atoms with Crippen molar-refractivity contribution in [3.8, 4) is 23.0 Å². The van der Waals surface area contributed by atoms with E-state index >= 15 is 0 Å². The summed E-state index contributed by atoms with van der Waals surface area (Å²) in [6.07, 6.45) is 2.51. The Kier molecular flexibility index (Phi) is 9.81. The molecule has 4 aliphatic rings. The molecule has 6 aromatic rings. The molecule has 10 rings (SSSR count). The number of carbonyl (C=O) groups is 2. The number of hydrogen-bond acceptors (Lipinski definition) is 7. The van der Waals surface area contributed by atoms with Crippen LogP contribution >= 0.6 is 0 Å². The van der Waals surface area contributed by atoms with Crippen molar-refractivity contribution in [2.45, 2.75) is 44.7 Å². The van der Waals surface area contributed by atoms with E-state index in [4.69, 9.17) is 14.6 Å². The third-order valence-corrected chi connectivity index (χ3v) is 10.1. The number of phenols is 1. The number of aryl methyl sites for hydroxylation is 1. The topological polar surface area (TPSA) is 123 Å². The Labute approximate surface area is 312 Å². The zero-order valence-corrected chi connectivity index (χ0v) is 29.7. The lowest BCUT2D eigenvalue weighted by Gasteiger charge is -2.38. The number of rotatable bonds is 4. The second-order valence-electron chi connectivity index (χ2n) is 13.7. The fraction of sp³-hybridized carbons (Fsp3) is 0.227. The molecule has 272 valence electrons. The van der Waals surface area contributed by atoms with Crippen LogP contribution < -0.4 is 20.3 Å². The van der Waals surface area contributed by atoms with Gasteiger partial charge in [-0.3, -0.25) is 14.4 Å². The highest BCUT2D eigenvalue weighted by Gasteiger charge is 2.33. The van der Waals surface area contributed by atoms with Gasteiger partial charge in [0.1, 0.15) is 18.0 Å². The average molecular weight is 721 g/mol. The second-order valence-corrected chi connectivity index (χ2v) is 13.7. The minimum atomic E-state index is -0.453. The quantitative estimate of drug-likeness (QED) is 0.214. The zero-order valence-electron chi connectivity index (χ0n) is 29.7. The Hall–Kier alpha value is -6.42. The molecule has 2 N–H and O–H groups in total. The summed E-state index contributed by atoms with van der Waals surface area (Å²) < 4.78 is 13.5. The van der Waals surface area contributed by atoms with Crippen LogP contribution in [-0.2, 0) is 35.4 Å². The molecule has 1 aromatic heterocycles. The molecule has 0 fully saturated rings. The van der Waals surface area contributed by atoms with Gasteiger partial charge in [0.05, 0.1) is 23.7 Å². The predicted molar refractivity (Wildman–Crippen MR) is 205 cm³/mol. The number of ether oxygens (including phenoxy) is 2. The molecule has 8 bridgehead atoms. The summed E-state index contributed by atoms with van der Waals surface area (Å²) >= 11 is 0. The Balaban J connectivity index is 1.14. The minimum Gasteiger partial charge on any atom is -0.504 e. The van der Waals surface area contributed by atoms with Crippen molar-refractivity contribution < 1.29 is 24.2 Å². The number of nitrogens with zero attached hydrogens (tertiary/aromatic N) is 3. The number of aromatic nitrogens is 2. The molecule has 10 nitrogen and oxygen atoms in total. The lowest BCUT2D eigenvalue weighted by Crippen LogP contribution is -2.43. The van der Waals surface area contributed by atoms with Gasteiger partial charge in [0.2, 0.25) is 11.8 Å². The molecular weight excluding hydrogens is 681 g/mol. The smallest absolute Gasteiger partial charge is 0.275 e. The van der Waals surface area contributed by atoms with E-state index in [1.807, 2.05) is 95.9 Å². The second kappa shape index (κ2) is 15.3. The molecular formula is C44H40N4O6. The SMILES string of the molecule is O=C1CCc2ccc(O)c(c2)Oc2ccc3c(c2)CCN(C(=O)Cn2nc(Cc4ccccc4)c4ccccc4c2=O)C3c2ccc(cc2)OCCCN1. The van der Waals surface area contributed by atoms with Crippen molar-refractivity contribution in [1.82, 2.24) is 20.0 Å². The number of amides is 2. The number of carbonyl (C=O) groups excluding carboxylic acids is 2. The van der Waals surface area contributed by atoms with Crippen LogP contribution in [0.3, 0.4) is 0 Å². The first-order valence-corrected chi connectivity index (χ1v) is 18.3. The first-order chi connectivity index (χ1) is 26.4. The molecule has 2 amide bonds. The van der Waals surface area contributed by atoms with Crippen molar-refractivity contribution in [3.63, 3.8) is 0 Å². The van der Waals surface area contributed by atoms with E-state index in [0.29, 0.717) is 74.4 Å². The van der Waals surface area contributed by atoms with Crippen LogP contribution in [0.2, 0.25) is 0 Å². The first kappa shape index (κ1) is 34.7. The van der Waals surface area contributed by atoms with Crippen molar-refractivity contribution in [3.05, 3.63) is 159 Å². The van der Waals surface area contributed by atoms with E-state index in [9.17, 15) is 19.5 Å². The van der Waals surface area contributed by atoms with Crippen LogP contribution in [0.5, 0.6) is 23.0 Å². The van der Waals surface area contributed by atoms with Crippen molar-refractivity contribution in [2.24, 2.45) is 0 Å². The van der Waals surface area contributed by atoms with Crippen LogP contribution in [0.1, 0.15) is 52.4 Å². The third kappa shape index (κ3) is 7.41. The van der Waals surface area contributed by atoms with E-state index in [1.54, 1.807) is 24.3 Å². The normalized spacial score (nSPS) is 15.9. The summed E-state index contributed by atoms with van der Waals surface area (Å²) in [6.45, 7) is 1.10. The molecule has 1 unspecified atom stereocenters. The number of nitrogens with one attached hydrogen (secondary N) is 1. The molecule has 0 aliphatic carbocycles. The van der Waals surface area contributed by atoms with Gasteiger partial charge < -0.3 is 24.8 Å². The van der Waals surface area contributed by atoms with Gasteiger partial charge in [0, 0.05) is 31.3 Å². The van der Waals surface area contributed by atoms with Crippen LogP contribution in [0.4, 0.5) is 0 Å². The number of phenolic OH excluding ortho intramolecular Hbond substituents is 1. The summed E-state index contributed by atoms with van der Waals surface area (Å²) in [5.74, 6) is 1.25. The van der Waals surface area contributed by atoms with Gasteiger partial charge in [-0.15, -0.1) is 0 Å². The molecule has 0 spiro atoms. The number of fused-ring (bicyclic) bond motifs is 2. The van der Waals surface area contributed by atoms with Crippen LogP contribution in [0.15, 0.2) is 120 Å². The Morgan fingerprint density at radius 1 is 0.833 bits per heavy atom. The van der Waals surface area contributed by atoms with Gasteiger partial charge in [-0.25, -0.2) is 4.68 Å². The van der Waals surface area contributed by atoms with Gasteiger partial charge >= 0.3 is 0 Å². The van der Waals surface area contributed by atoms with E-state index in [2.05, 4.69) is 5.32 Å². The Morgan fingerprint density at radius 2 is 1.61 bits per heavy atom. The Morgan fingerprint density at radius 3 is 2.44 bits per heavy atom. The number of benzene rings is 5. The third-order valence-electron chi connectivity index (χ3n) is 10.1. The van der Waals surface area contributed by atoms with Gasteiger partial charge in [-0.05, 0) is 89.5 Å². The molecule has 0 saturated carbocycles. The number of aromatic hydroxyl groups is 1. The lowest BCUT2D eigenvalue weighted by molar-refractivity contribution is -0.134. The zero-order chi connectivity index (χ0) is 37.0. The largest absolute Gasteiger partial charge is 0.504 e. The van der Waals surface area contributed by atoms with Gasteiger partial charge in [-0.2, -0.15) is 5.10 Å². The molecule has 0 radical (unpaired) electrons. The average Bonchev–Trinajstić information content (AvgIpc) is 3.19. The van der Waals surface area contributed by atoms with Gasteiger partial charge in [0.15, 0.2) is 11.5 Å². The van der Waals surface area contributed by atoms with Crippen LogP contribution in [0, 0.1) is 0 Å². The molecule has 0 saturated heterocycles. The molecule has 5 aromatic carbocycles. The van der Waals surface area contributed by atoms with E-state index < -0.39 is 6.04 Å². The highest BCUT2D eigenvalue weighted by atomic mass is 16.5. The molecule has 1 atom stereocenters. The molecule has 4 aliphatic heterocycles. The molecule has 54 heavy (non-hydrogen) atoms. The van der Waals surface area contributed by atoms with Crippen molar-refractivity contribution >= 4 is 22.6 Å². The van der Waals surface area contributed by atoms with E-state index in [-0.39, 0.29) is 29.7 Å². The maximum Gasteiger partial charge on any atom is 0.275 e. The number of hydrogen-bond donors (Lipinski definition) is 2. The summed E-state index contributed by atoms with van der Waals surface area (Å²) in [7, 11) is 0. The summed E-state index contributed by atoms with van der Waals surface area (Å²) in [5, 5.41) is 19.7. The predicted octanol–water partition coefficient (Wildman–Crippen LogP) is 6.49. The maximum absolute atomic E-state index is 14.4. The van der Waals surface area contributed by atoms with E-state index in [1.165, 1.54) is 4.68 Å². The monoisotopic (exact) mass is 720 g/mol. The van der Waals surface area contributed by atoms with Crippen molar-refractivity contribution in [1.29, 1.82) is 0 Å². The fourth-order valence-corrected chi connectivity index (χ4v) is 7.35. The van der Waals surface area contributed by atoms with Gasteiger partial charge in [0.25, 0.3) is 5.56 Å². The Bertz CT molecular complexity index is 2390. The molecule has 10 heteroatoms. The van der Waals surface area contributed by atoms with Gasteiger partial charge in [-0.1, -0.05) is 72.8 Å². The molecule has 5 heterocycles. The summed E-state index contributed by atoms with van der Waals surface area (Å²) in [4.78, 5) is 42.6.